The Morgan fingerprint density at radius 3 is 2.47 bits per heavy atom. The third-order valence-corrected chi connectivity index (χ3v) is 7.91. The molecule has 0 saturated carbocycles. The summed E-state index contributed by atoms with van der Waals surface area (Å²) in [6.45, 7) is 4.44. The molecule has 0 aliphatic heterocycles. The number of nitrogens with one attached hydrogen (secondary N) is 1. The lowest BCUT2D eigenvalue weighted by molar-refractivity contribution is 0.102. The second-order valence-electron chi connectivity index (χ2n) is 6.75. The van der Waals surface area contributed by atoms with Gasteiger partial charge in [-0.2, -0.15) is 4.31 Å². The van der Waals surface area contributed by atoms with Gasteiger partial charge in [0, 0.05) is 18.7 Å². The van der Waals surface area contributed by atoms with E-state index in [0.717, 1.165) is 10.8 Å². The maximum absolute atomic E-state index is 12.8. The number of nitrogens with zero attached hydrogens (tertiary/aromatic N) is 2. The zero-order valence-electron chi connectivity index (χ0n) is 16.6. The summed E-state index contributed by atoms with van der Waals surface area (Å²) in [4.78, 5) is 17.3. The minimum absolute atomic E-state index is 0.231. The van der Waals surface area contributed by atoms with Gasteiger partial charge in [0.25, 0.3) is 5.91 Å². The highest BCUT2D eigenvalue weighted by atomic mass is 32.2. The maximum Gasteiger partial charge on any atom is 0.257 e. The van der Waals surface area contributed by atoms with Crippen LogP contribution < -0.4 is 5.32 Å². The molecule has 0 spiro atoms. The molecule has 6 nitrogen and oxygen atoms in total. The number of carbonyl (C=O) groups is 1. The third-order valence-electron chi connectivity index (χ3n) is 4.94. The average Bonchev–Trinajstić information content (AvgIpc) is 3.15. The van der Waals surface area contributed by atoms with Gasteiger partial charge in [0.15, 0.2) is 5.13 Å². The fourth-order valence-electron chi connectivity index (χ4n) is 3.33. The summed E-state index contributed by atoms with van der Waals surface area (Å²) in [5.41, 5.74) is 1.19. The lowest BCUT2D eigenvalue weighted by Gasteiger charge is -2.18. The first-order valence-electron chi connectivity index (χ1n) is 9.63. The normalized spacial score (nSPS) is 12.0. The van der Waals surface area contributed by atoms with Crippen LogP contribution in [-0.4, -0.2) is 36.7 Å². The number of fused-ring (bicyclic) bond motifs is 2. The van der Waals surface area contributed by atoms with Crippen LogP contribution in [0.3, 0.4) is 0 Å². The number of rotatable bonds is 6. The van der Waals surface area contributed by atoms with Crippen molar-refractivity contribution in [3.63, 3.8) is 0 Å². The first-order valence-corrected chi connectivity index (χ1v) is 11.9. The molecular formula is C22H21N3O3S2. The summed E-state index contributed by atoms with van der Waals surface area (Å²) in [6, 6.07) is 18.2. The minimum Gasteiger partial charge on any atom is -0.298 e. The predicted molar refractivity (Wildman–Crippen MR) is 122 cm³/mol. The molecule has 1 amide bonds. The van der Waals surface area contributed by atoms with E-state index in [9.17, 15) is 13.2 Å². The quantitative estimate of drug-likeness (QED) is 0.471. The molecule has 1 aromatic heterocycles. The molecule has 0 aliphatic carbocycles. The SMILES string of the molecule is CCN(CC)S(=O)(=O)c1ccc2nc(NC(=O)c3ccc4ccccc4c3)sc2c1. The van der Waals surface area contributed by atoms with Gasteiger partial charge in [0.1, 0.15) is 0 Å². The Hall–Kier alpha value is -2.81. The lowest BCUT2D eigenvalue weighted by Crippen LogP contribution is -2.30. The maximum atomic E-state index is 12.8. The summed E-state index contributed by atoms with van der Waals surface area (Å²) < 4.78 is 27.6. The number of aromatic nitrogens is 1. The van der Waals surface area contributed by atoms with Crippen LogP contribution in [0, 0.1) is 0 Å². The van der Waals surface area contributed by atoms with Crippen molar-refractivity contribution in [1.29, 1.82) is 0 Å². The van der Waals surface area contributed by atoms with Crippen LogP contribution in [0.2, 0.25) is 0 Å². The van der Waals surface area contributed by atoms with Crippen molar-refractivity contribution < 1.29 is 13.2 Å². The van der Waals surface area contributed by atoms with Crippen LogP contribution in [0.4, 0.5) is 5.13 Å². The predicted octanol–water partition coefficient (Wildman–Crippen LogP) is 4.73. The molecule has 3 aromatic carbocycles. The first-order chi connectivity index (χ1) is 14.4. The molecule has 0 unspecified atom stereocenters. The van der Waals surface area contributed by atoms with E-state index in [0.29, 0.717) is 34.0 Å². The second-order valence-corrected chi connectivity index (χ2v) is 9.72. The van der Waals surface area contributed by atoms with Gasteiger partial charge >= 0.3 is 0 Å². The van der Waals surface area contributed by atoms with Crippen molar-refractivity contribution in [1.82, 2.24) is 9.29 Å². The molecule has 0 radical (unpaired) electrons. The fraction of sp³-hybridized carbons (Fsp3) is 0.182. The van der Waals surface area contributed by atoms with Gasteiger partial charge in [0.2, 0.25) is 10.0 Å². The Balaban J connectivity index is 1.61. The number of carbonyl (C=O) groups excluding carboxylic acids is 1. The van der Waals surface area contributed by atoms with E-state index >= 15 is 0 Å². The number of hydrogen-bond acceptors (Lipinski definition) is 5. The van der Waals surface area contributed by atoms with Crippen molar-refractivity contribution in [2.75, 3.05) is 18.4 Å². The molecule has 8 heteroatoms. The van der Waals surface area contributed by atoms with E-state index in [-0.39, 0.29) is 10.8 Å². The fourth-order valence-corrected chi connectivity index (χ4v) is 5.79. The van der Waals surface area contributed by atoms with E-state index in [1.165, 1.54) is 15.6 Å². The summed E-state index contributed by atoms with van der Waals surface area (Å²) in [5, 5.41) is 5.31. The zero-order valence-corrected chi connectivity index (χ0v) is 18.3. The highest BCUT2D eigenvalue weighted by Gasteiger charge is 2.22. The van der Waals surface area contributed by atoms with Crippen LogP contribution in [0.1, 0.15) is 24.2 Å². The number of thiazole rings is 1. The van der Waals surface area contributed by atoms with Gasteiger partial charge in [-0.25, -0.2) is 13.4 Å². The molecule has 4 rings (SSSR count). The van der Waals surface area contributed by atoms with Crippen molar-refractivity contribution in [3.8, 4) is 0 Å². The number of amides is 1. The summed E-state index contributed by atoms with van der Waals surface area (Å²) >= 11 is 1.26. The summed E-state index contributed by atoms with van der Waals surface area (Å²) in [7, 11) is -3.55. The molecule has 0 fully saturated rings. The molecule has 30 heavy (non-hydrogen) atoms. The first kappa shape index (κ1) is 20.5. The van der Waals surface area contributed by atoms with Crippen LogP contribution in [-0.2, 0) is 10.0 Å². The minimum atomic E-state index is -3.55. The van der Waals surface area contributed by atoms with E-state index in [2.05, 4.69) is 10.3 Å². The monoisotopic (exact) mass is 439 g/mol. The number of hydrogen-bond donors (Lipinski definition) is 1. The van der Waals surface area contributed by atoms with Gasteiger partial charge in [-0.05, 0) is 41.1 Å². The lowest BCUT2D eigenvalue weighted by atomic mass is 10.1. The van der Waals surface area contributed by atoms with E-state index in [1.807, 2.05) is 50.2 Å². The third kappa shape index (κ3) is 3.81. The Morgan fingerprint density at radius 2 is 1.73 bits per heavy atom. The smallest absolute Gasteiger partial charge is 0.257 e. The average molecular weight is 440 g/mol. The zero-order chi connectivity index (χ0) is 21.3. The van der Waals surface area contributed by atoms with Gasteiger partial charge in [-0.1, -0.05) is 55.5 Å². The molecule has 1 heterocycles. The van der Waals surface area contributed by atoms with Gasteiger partial charge < -0.3 is 0 Å². The topological polar surface area (TPSA) is 79.4 Å². The van der Waals surface area contributed by atoms with Crippen molar-refractivity contribution in [3.05, 3.63) is 66.2 Å². The largest absolute Gasteiger partial charge is 0.298 e. The summed E-state index contributed by atoms with van der Waals surface area (Å²) in [6.07, 6.45) is 0. The Morgan fingerprint density at radius 1 is 1.00 bits per heavy atom. The molecule has 154 valence electrons. The molecule has 0 bridgehead atoms. The molecule has 0 atom stereocenters. The highest BCUT2D eigenvalue weighted by molar-refractivity contribution is 7.89. The van der Waals surface area contributed by atoms with Crippen molar-refractivity contribution in [2.45, 2.75) is 18.7 Å². The molecule has 4 aromatic rings. The Bertz CT molecular complexity index is 1340. The molecule has 0 saturated heterocycles. The van der Waals surface area contributed by atoms with Crippen LogP contribution in [0.25, 0.3) is 21.0 Å². The van der Waals surface area contributed by atoms with E-state index < -0.39 is 10.0 Å². The van der Waals surface area contributed by atoms with E-state index in [4.69, 9.17) is 0 Å². The molecular weight excluding hydrogens is 418 g/mol. The van der Waals surface area contributed by atoms with Crippen molar-refractivity contribution >= 4 is 53.4 Å². The summed E-state index contributed by atoms with van der Waals surface area (Å²) in [5.74, 6) is -0.254. The van der Waals surface area contributed by atoms with E-state index in [1.54, 1.807) is 24.3 Å². The van der Waals surface area contributed by atoms with Gasteiger partial charge in [-0.15, -0.1) is 0 Å². The Labute approximate surface area is 179 Å². The Kier molecular flexibility index (Phi) is 5.55. The van der Waals surface area contributed by atoms with Crippen LogP contribution >= 0.6 is 11.3 Å². The number of anilines is 1. The van der Waals surface area contributed by atoms with Gasteiger partial charge in [-0.3, -0.25) is 10.1 Å². The van der Waals surface area contributed by atoms with Crippen LogP contribution in [0.15, 0.2) is 65.6 Å². The van der Waals surface area contributed by atoms with Crippen LogP contribution in [0.5, 0.6) is 0 Å². The second kappa shape index (κ2) is 8.14. The standard InChI is InChI=1S/C22H21N3O3S2/c1-3-25(4-2)30(27,28)18-11-12-19-20(14-18)29-22(23-19)24-21(26)17-10-9-15-7-5-6-8-16(15)13-17/h5-14H,3-4H2,1-2H3,(H,23,24,26). The number of sulfonamides is 1. The number of benzene rings is 3. The van der Waals surface area contributed by atoms with Gasteiger partial charge in [0.05, 0.1) is 15.1 Å². The highest BCUT2D eigenvalue weighted by Crippen LogP contribution is 2.29. The molecule has 1 N–H and O–H groups in total. The van der Waals surface area contributed by atoms with Crippen molar-refractivity contribution in [2.24, 2.45) is 0 Å². The molecule has 0 aliphatic rings.